The van der Waals surface area contributed by atoms with Crippen LogP contribution in [0.2, 0.25) is 0 Å². The molecule has 0 spiro atoms. The predicted octanol–water partition coefficient (Wildman–Crippen LogP) is 2.88. The summed E-state index contributed by atoms with van der Waals surface area (Å²) in [6, 6.07) is 5.38. The standard InChI is InChI=1S/C18H26N2O3.ClH/c1-4-10-23-16-8-7-14(11-17(16)22-3)18(21)20-9-5-6-15(12-20)13(2)19;/h4,7-8,11,13,15H,1,5-6,9-10,12,19H2,2-3H3;1H. The van der Waals surface area contributed by atoms with Crippen molar-refractivity contribution in [2.45, 2.75) is 25.8 Å². The lowest BCUT2D eigenvalue weighted by Gasteiger charge is -2.34. The minimum Gasteiger partial charge on any atom is -0.493 e. The van der Waals surface area contributed by atoms with E-state index in [1.54, 1.807) is 31.4 Å². The number of piperidine rings is 1. The molecular weight excluding hydrogens is 328 g/mol. The number of hydrogen-bond acceptors (Lipinski definition) is 4. The monoisotopic (exact) mass is 354 g/mol. The quantitative estimate of drug-likeness (QED) is 0.798. The number of benzene rings is 1. The van der Waals surface area contributed by atoms with E-state index in [0.29, 0.717) is 36.1 Å². The van der Waals surface area contributed by atoms with Gasteiger partial charge in [-0.2, -0.15) is 0 Å². The maximum absolute atomic E-state index is 12.7. The molecule has 1 fully saturated rings. The van der Waals surface area contributed by atoms with Crippen LogP contribution >= 0.6 is 12.4 Å². The fourth-order valence-corrected chi connectivity index (χ4v) is 2.87. The fourth-order valence-electron chi connectivity index (χ4n) is 2.87. The Bertz CT molecular complexity index is 563. The van der Waals surface area contributed by atoms with Crippen molar-refractivity contribution in [2.75, 3.05) is 26.8 Å². The molecule has 1 aliphatic heterocycles. The van der Waals surface area contributed by atoms with E-state index in [4.69, 9.17) is 15.2 Å². The molecule has 5 nitrogen and oxygen atoms in total. The van der Waals surface area contributed by atoms with Crippen LogP contribution in [0.4, 0.5) is 0 Å². The Morgan fingerprint density at radius 3 is 2.88 bits per heavy atom. The third kappa shape index (κ3) is 4.89. The molecule has 0 radical (unpaired) electrons. The molecule has 0 aromatic heterocycles. The van der Waals surface area contributed by atoms with Crippen LogP contribution in [0, 0.1) is 5.92 Å². The Labute approximate surface area is 150 Å². The van der Waals surface area contributed by atoms with Gasteiger partial charge in [-0.3, -0.25) is 4.79 Å². The number of carbonyl (C=O) groups is 1. The van der Waals surface area contributed by atoms with Crippen molar-refractivity contribution in [1.82, 2.24) is 4.90 Å². The van der Waals surface area contributed by atoms with Gasteiger partial charge in [0.25, 0.3) is 5.91 Å². The number of rotatable bonds is 6. The Balaban J connectivity index is 0.00000288. The zero-order chi connectivity index (χ0) is 16.8. The Morgan fingerprint density at radius 1 is 1.50 bits per heavy atom. The minimum absolute atomic E-state index is 0. The molecule has 2 rings (SSSR count). The summed E-state index contributed by atoms with van der Waals surface area (Å²) in [5.74, 6) is 1.54. The predicted molar refractivity (Wildman–Crippen MR) is 98.2 cm³/mol. The van der Waals surface area contributed by atoms with Crippen LogP contribution in [0.3, 0.4) is 0 Å². The number of ether oxygens (including phenoxy) is 2. The first-order valence-corrected chi connectivity index (χ1v) is 8.03. The van der Waals surface area contributed by atoms with Crippen molar-refractivity contribution >= 4 is 18.3 Å². The number of nitrogens with two attached hydrogens (primary N) is 1. The summed E-state index contributed by atoms with van der Waals surface area (Å²) in [6.45, 7) is 7.52. The number of amides is 1. The number of carbonyl (C=O) groups excluding carboxylic acids is 1. The highest BCUT2D eigenvalue weighted by molar-refractivity contribution is 5.95. The van der Waals surface area contributed by atoms with Crippen molar-refractivity contribution < 1.29 is 14.3 Å². The smallest absolute Gasteiger partial charge is 0.254 e. The summed E-state index contributed by atoms with van der Waals surface area (Å²) in [6.07, 6.45) is 3.75. The van der Waals surface area contributed by atoms with Crippen LogP contribution < -0.4 is 15.2 Å². The first kappa shape index (κ1) is 20.3. The third-order valence-electron chi connectivity index (χ3n) is 4.26. The van der Waals surface area contributed by atoms with Crippen LogP contribution in [-0.2, 0) is 0 Å². The van der Waals surface area contributed by atoms with Gasteiger partial charge >= 0.3 is 0 Å². The maximum Gasteiger partial charge on any atom is 0.254 e. The molecule has 1 aliphatic rings. The van der Waals surface area contributed by atoms with E-state index in [1.807, 2.05) is 11.8 Å². The molecule has 1 saturated heterocycles. The van der Waals surface area contributed by atoms with E-state index in [-0.39, 0.29) is 24.4 Å². The summed E-state index contributed by atoms with van der Waals surface area (Å²) in [5.41, 5.74) is 6.61. The van der Waals surface area contributed by atoms with Gasteiger partial charge in [0.15, 0.2) is 11.5 Å². The SMILES string of the molecule is C=CCOc1ccc(C(=O)N2CCCC(C(C)N)C2)cc1OC.Cl. The average Bonchev–Trinajstić information content (AvgIpc) is 2.59. The van der Waals surface area contributed by atoms with Gasteiger partial charge in [0, 0.05) is 24.7 Å². The minimum atomic E-state index is 0. The van der Waals surface area contributed by atoms with Gasteiger partial charge in [0.1, 0.15) is 6.61 Å². The van der Waals surface area contributed by atoms with Gasteiger partial charge in [-0.15, -0.1) is 12.4 Å². The molecular formula is C18H27ClN2O3. The summed E-state index contributed by atoms with van der Waals surface area (Å²) < 4.78 is 10.9. The van der Waals surface area contributed by atoms with Gasteiger partial charge in [-0.05, 0) is 43.9 Å². The average molecular weight is 355 g/mol. The van der Waals surface area contributed by atoms with E-state index in [2.05, 4.69) is 6.58 Å². The normalized spacial score (nSPS) is 18.3. The second-order valence-electron chi connectivity index (χ2n) is 5.98. The van der Waals surface area contributed by atoms with E-state index in [0.717, 1.165) is 19.4 Å². The second kappa shape index (κ2) is 9.55. The zero-order valence-corrected chi connectivity index (χ0v) is 15.2. The van der Waals surface area contributed by atoms with Crippen molar-refractivity contribution in [3.05, 3.63) is 36.4 Å². The van der Waals surface area contributed by atoms with E-state index in [1.165, 1.54) is 0 Å². The molecule has 0 bridgehead atoms. The number of methoxy groups -OCH3 is 1. The highest BCUT2D eigenvalue weighted by atomic mass is 35.5. The third-order valence-corrected chi connectivity index (χ3v) is 4.26. The lowest BCUT2D eigenvalue weighted by atomic mass is 9.92. The highest BCUT2D eigenvalue weighted by Crippen LogP contribution is 2.29. The lowest BCUT2D eigenvalue weighted by molar-refractivity contribution is 0.0660. The van der Waals surface area contributed by atoms with E-state index < -0.39 is 0 Å². The van der Waals surface area contributed by atoms with Gasteiger partial charge in [0.2, 0.25) is 0 Å². The molecule has 2 atom stereocenters. The Morgan fingerprint density at radius 2 is 2.25 bits per heavy atom. The van der Waals surface area contributed by atoms with Gasteiger partial charge in [0.05, 0.1) is 7.11 Å². The molecule has 6 heteroatoms. The molecule has 1 amide bonds. The second-order valence-corrected chi connectivity index (χ2v) is 5.98. The molecule has 0 aliphatic carbocycles. The summed E-state index contributed by atoms with van der Waals surface area (Å²) >= 11 is 0. The molecule has 0 saturated carbocycles. The van der Waals surface area contributed by atoms with Crippen molar-refractivity contribution in [3.8, 4) is 11.5 Å². The van der Waals surface area contributed by atoms with Gasteiger partial charge < -0.3 is 20.1 Å². The first-order chi connectivity index (χ1) is 11.1. The van der Waals surface area contributed by atoms with Crippen LogP contribution in [0.25, 0.3) is 0 Å². The first-order valence-electron chi connectivity index (χ1n) is 8.03. The molecule has 1 heterocycles. The van der Waals surface area contributed by atoms with E-state index >= 15 is 0 Å². The number of hydrogen-bond donors (Lipinski definition) is 1. The van der Waals surface area contributed by atoms with E-state index in [9.17, 15) is 4.79 Å². The summed E-state index contributed by atoms with van der Waals surface area (Å²) in [4.78, 5) is 14.6. The number of likely N-dealkylation sites (tertiary alicyclic amines) is 1. The fraction of sp³-hybridized carbons (Fsp3) is 0.500. The molecule has 1 aromatic rings. The zero-order valence-electron chi connectivity index (χ0n) is 14.4. The van der Waals surface area contributed by atoms with Crippen molar-refractivity contribution in [3.63, 3.8) is 0 Å². The lowest BCUT2D eigenvalue weighted by Crippen LogP contribution is -2.45. The van der Waals surface area contributed by atoms with Crippen molar-refractivity contribution in [1.29, 1.82) is 0 Å². The molecule has 134 valence electrons. The van der Waals surface area contributed by atoms with Gasteiger partial charge in [-0.1, -0.05) is 12.7 Å². The largest absolute Gasteiger partial charge is 0.493 e. The van der Waals surface area contributed by atoms with Crippen LogP contribution in [0.1, 0.15) is 30.1 Å². The maximum atomic E-state index is 12.7. The van der Waals surface area contributed by atoms with Gasteiger partial charge in [-0.25, -0.2) is 0 Å². The number of nitrogens with zero attached hydrogens (tertiary/aromatic N) is 1. The Kier molecular flexibility index (Phi) is 8.08. The summed E-state index contributed by atoms with van der Waals surface area (Å²) in [5, 5.41) is 0. The molecule has 1 aromatic carbocycles. The molecule has 2 unspecified atom stereocenters. The number of halogens is 1. The van der Waals surface area contributed by atoms with Crippen molar-refractivity contribution in [2.24, 2.45) is 11.7 Å². The molecule has 2 N–H and O–H groups in total. The van der Waals surface area contributed by atoms with Crippen LogP contribution in [0.5, 0.6) is 11.5 Å². The topological polar surface area (TPSA) is 64.8 Å². The Hall–Kier alpha value is -1.72. The van der Waals surface area contributed by atoms with Crippen LogP contribution in [0.15, 0.2) is 30.9 Å². The van der Waals surface area contributed by atoms with Crippen LogP contribution in [-0.4, -0.2) is 43.7 Å². The molecule has 24 heavy (non-hydrogen) atoms. The highest BCUT2D eigenvalue weighted by Gasteiger charge is 2.26. The summed E-state index contributed by atoms with van der Waals surface area (Å²) in [7, 11) is 1.57.